The van der Waals surface area contributed by atoms with Crippen molar-refractivity contribution >= 4 is 34.9 Å². The maximum absolute atomic E-state index is 11.9. The molecule has 1 fully saturated rings. The molecule has 0 aromatic carbocycles. The third-order valence-electron chi connectivity index (χ3n) is 2.89. The quantitative estimate of drug-likeness (QED) is 0.891. The Labute approximate surface area is 122 Å². The van der Waals surface area contributed by atoms with E-state index in [2.05, 4.69) is 27.4 Å². The van der Waals surface area contributed by atoms with Crippen molar-refractivity contribution < 1.29 is 4.79 Å². The van der Waals surface area contributed by atoms with Crippen LogP contribution < -0.4 is 10.6 Å². The summed E-state index contributed by atoms with van der Waals surface area (Å²) < 4.78 is 0. The number of piperazine rings is 1. The summed E-state index contributed by atoms with van der Waals surface area (Å²) in [6.07, 6.45) is 1.45. The number of nitrogens with zero attached hydrogens (tertiary/aromatic N) is 2. The second-order valence-corrected chi connectivity index (χ2v) is 5.47. The molecular weight excluding hydrogens is 287 g/mol. The van der Waals surface area contributed by atoms with Crippen molar-refractivity contribution in [3.63, 3.8) is 0 Å². The van der Waals surface area contributed by atoms with Crippen molar-refractivity contribution in [2.24, 2.45) is 0 Å². The summed E-state index contributed by atoms with van der Waals surface area (Å²) in [5.74, 6) is 0.227. The van der Waals surface area contributed by atoms with Crippen molar-refractivity contribution in [1.29, 1.82) is 0 Å². The van der Waals surface area contributed by atoms with Gasteiger partial charge in [-0.1, -0.05) is 23.2 Å². The highest BCUT2D eigenvalue weighted by atomic mass is 35.5. The van der Waals surface area contributed by atoms with Gasteiger partial charge in [0.1, 0.15) is 0 Å². The van der Waals surface area contributed by atoms with Crippen molar-refractivity contribution in [1.82, 2.24) is 15.2 Å². The van der Waals surface area contributed by atoms with E-state index >= 15 is 0 Å². The summed E-state index contributed by atoms with van der Waals surface area (Å²) in [6.45, 7) is 5.05. The normalized spacial score (nSPS) is 20.3. The first-order valence-corrected chi connectivity index (χ1v) is 6.87. The lowest BCUT2D eigenvalue weighted by Gasteiger charge is -2.31. The van der Waals surface area contributed by atoms with Crippen LogP contribution in [-0.4, -0.2) is 48.0 Å². The highest BCUT2D eigenvalue weighted by Crippen LogP contribution is 2.22. The van der Waals surface area contributed by atoms with E-state index in [-0.39, 0.29) is 5.91 Å². The number of hydrogen-bond donors (Lipinski definition) is 2. The molecule has 5 nitrogen and oxygen atoms in total. The molecule has 1 aliphatic heterocycles. The Balaban J connectivity index is 1.90. The zero-order valence-electron chi connectivity index (χ0n) is 10.6. The summed E-state index contributed by atoms with van der Waals surface area (Å²) in [5.41, 5.74) is 0. The number of pyridine rings is 1. The molecule has 1 saturated heterocycles. The lowest BCUT2D eigenvalue weighted by molar-refractivity contribution is -0.117. The number of aromatic nitrogens is 1. The topological polar surface area (TPSA) is 57.3 Å². The molecule has 104 valence electrons. The standard InChI is InChI=1S/C12H16Cl2N4O/c1-8-6-18(3-2-15-8)7-11(19)17-12-10(14)4-9(13)5-16-12/h4-5,8,15H,2-3,6-7H2,1H3,(H,16,17,19)/t8-/m0/s1. The molecule has 0 unspecified atom stereocenters. The molecule has 1 aromatic heterocycles. The summed E-state index contributed by atoms with van der Waals surface area (Å²) in [7, 11) is 0. The first-order valence-electron chi connectivity index (χ1n) is 6.11. The van der Waals surface area contributed by atoms with Gasteiger partial charge in [-0.15, -0.1) is 0 Å². The van der Waals surface area contributed by atoms with E-state index in [0.717, 1.165) is 19.6 Å². The fourth-order valence-electron chi connectivity index (χ4n) is 2.04. The Kier molecular flexibility index (Phi) is 4.99. The van der Waals surface area contributed by atoms with Gasteiger partial charge in [0.05, 0.1) is 16.6 Å². The fraction of sp³-hybridized carbons (Fsp3) is 0.500. The number of rotatable bonds is 3. The highest BCUT2D eigenvalue weighted by Gasteiger charge is 2.18. The van der Waals surface area contributed by atoms with Gasteiger partial charge >= 0.3 is 0 Å². The maximum atomic E-state index is 11.9. The van der Waals surface area contributed by atoms with Crippen LogP contribution in [0.3, 0.4) is 0 Å². The van der Waals surface area contributed by atoms with Gasteiger partial charge in [0, 0.05) is 31.9 Å². The smallest absolute Gasteiger partial charge is 0.239 e. The number of anilines is 1. The minimum Gasteiger partial charge on any atom is -0.312 e. The van der Waals surface area contributed by atoms with Crippen LogP contribution in [0.5, 0.6) is 0 Å². The minimum absolute atomic E-state index is 0.120. The number of carbonyl (C=O) groups is 1. The summed E-state index contributed by atoms with van der Waals surface area (Å²) in [4.78, 5) is 18.0. The van der Waals surface area contributed by atoms with Crippen molar-refractivity contribution in [2.75, 3.05) is 31.5 Å². The van der Waals surface area contributed by atoms with Gasteiger partial charge in [-0.3, -0.25) is 9.69 Å². The molecule has 2 N–H and O–H groups in total. The van der Waals surface area contributed by atoms with Gasteiger partial charge in [-0.25, -0.2) is 4.98 Å². The molecule has 19 heavy (non-hydrogen) atoms. The van der Waals surface area contributed by atoms with Gasteiger partial charge < -0.3 is 10.6 Å². The summed E-state index contributed by atoms with van der Waals surface area (Å²) in [5, 5.41) is 6.81. The molecule has 0 saturated carbocycles. The molecular formula is C12H16Cl2N4O. The zero-order valence-corrected chi connectivity index (χ0v) is 12.1. The Morgan fingerprint density at radius 3 is 3.11 bits per heavy atom. The summed E-state index contributed by atoms with van der Waals surface area (Å²) >= 11 is 11.7. The number of halogens is 2. The average Bonchev–Trinajstić information content (AvgIpc) is 2.33. The average molecular weight is 303 g/mol. The van der Waals surface area contributed by atoms with Crippen LogP contribution in [0, 0.1) is 0 Å². The van der Waals surface area contributed by atoms with Crippen LogP contribution >= 0.6 is 23.2 Å². The first kappa shape index (κ1) is 14.5. The van der Waals surface area contributed by atoms with E-state index in [0.29, 0.717) is 28.4 Å². The van der Waals surface area contributed by atoms with E-state index in [1.165, 1.54) is 6.20 Å². The summed E-state index contributed by atoms with van der Waals surface area (Å²) in [6, 6.07) is 1.96. The number of amides is 1. The molecule has 2 heterocycles. The lowest BCUT2D eigenvalue weighted by atomic mass is 10.2. The monoisotopic (exact) mass is 302 g/mol. The second kappa shape index (κ2) is 6.52. The molecule has 7 heteroatoms. The van der Waals surface area contributed by atoms with E-state index in [4.69, 9.17) is 23.2 Å². The van der Waals surface area contributed by atoms with Crippen LogP contribution in [0.15, 0.2) is 12.3 Å². The Morgan fingerprint density at radius 1 is 1.63 bits per heavy atom. The van der Waals surface area contributed by atoms with Crippen molar-refractivity contribution in [3.05, 3.63) is 22.3 Å². The second-order valence-electron chi connectivity index (χ2n) is 4.62. The Bertz CT molecular complexity index is 469. The molecule has 1 atom stereocenters. The van der Waals surface area contributed by atoms with Crippen molar-refractivity contribution in [2.45, 2.75) is 13.0 Å². The third kappa shape index (κ3) is 4.31. The van der Waals surface area contributed by atoms with Crippen LogP contribution in [-0.2, 0) is 4.79 Å². The molecule has 1 amide bonds. The molecule has 1 aromatic rings. The van der Waals surface area contributed by atoms with Crippen LogP contribution in [0.2, 0.25) is 10.0 Å². The molecule has 0 spiro atoms. The first-order chi connectivity index (χ1) is 9.04. The SMILES string of the molecule is C[C@H]1CN(CC(=O)Nc2ncc(Cl)cc2Cl)CCN1. The zero-order chi connectivity index (χ0) is 13.8. The number of hydrogen-bond acceptors (Lipinski definition) is 4. The van der Waals surface area contributed by atoms with Gasteiger partial charge in [0.25, 0.3) is 0 Å². The predicted molar refractivity (Wildman–Crippen MR) is 76.8 cm³/mol. The number of nitrogens with one attached hydrogen (secondary N) is 2. The highest BCUT2D eigenvalue weighted by molar-refractivity contribution is 6.36. The molecule has 0 bridgehead atoms. The van der Waals surface area contributed by atoms with E-state index in [9.17, 15) is 4.79 Å². The Morgan fingerprint density at radius 2 is 2.42 bits per heavy atom. The van der Waals surface area contributed by atoms with E-state index < -0.39 is 0 Å². The minimum atomic E-state index is -0.120. The molecule has 1 aliphatic rings. The van der Waals surface area contributed by atoms with Crippen LogP contribution in [0.4, 0.5) is 5.82 Å². The van der Waals surface area contributed by atoms with Crippen LogP contribution in [0.25, 0.3) is 0 Å². The Hall–Kier alpha value is -0.880. The number of carbonyl (C=O) groups excluding carboxylic acids is 1. The van der Waals surface area contributed by atoms with Gasteiger partial charge in [0.2, 0.25) is 5.91 Å². The van der Waals surface area contributed by atoms with E-state index in [1.54, 1.807) is 6.07 Å². The lowest BCUT2D eigenvalue weighted by Crippen LogP contribution is -2.51. The molecule has 0 radical (unpaired) electrons. The van der Waals surface area contributed by atoms with Gasteiger partial charge in [-0.05, 0) is 13.0 Å². The maximum Gasteiger partial charge on any atom is 0.239 e. The third-order valence-corrected chi connectivity index (χ3v) is 3.38. The van der Waals surface area contributed by atoms with Crippen molar-refractivity contribution in [3.8, 4) is 0 Å². The van der Waals surface area contributed by atoms with Gasteiger partial charge in [0.15, 0.2) is 5.82 Å². The van der Waals surface area contributed by atoms with E-state index in [1.807, 2.05) is 0 Å². The fourth-order valence-corrected chi connectivity index (χ4v) is 2.46. The molecule has 0 aliphatic carbocycles. The molecule has 2 rings (SSSR count). The predicted octanol–water partition coefficient (Wildman–Crippen LogP) is 1.62. The van der Waals surface area contributed by atoms with Gasteiger partial charge in [-0.2, -0.15) is 0 Å². The largest absolute Gasteiger partial charge is 0.312 e. The van der Waals surface area contributed by atoms with Crippen LogP contribution in [0.1, 0.15) is 6.92 Å².